The Kier molecular flexibility index (Phi) is 5.70. The fourth-order valence-corrected chi connectivity index (χ4v) is 1.85. The Bertz CT molecular complexity index is 212. The maximum atomic E-state index is 9.89. The number of nitrogens with zero attached hydrogens (tertiary/aromatic N) is 1. The Morgan fingerprint density at radius 1 is 1.67 bits per heavy atom. The van der Waals surface area contributed by atoms with E-state index in [0.29, 0.717) is 0 Å². The van der Waals surface area contributed by atoms with Gasteiger partial charge in [-0.25, -0.2) is 0 Å². The molecule has 0 saturated carbocycles. The summed E-state index contributed by atoms with van der Waals surface area (Å²) < 4.78 is 5.56. The van der Waals surface area contributed by atoms with E-state index in [-0.39, 0.29) is 12.2 Å². The monoisotopic (exact) mass is 211 g/mol. The SMILES string of the molecule is C#CCCCC(O)C1CN(CC)CCO1. The van der Waals surface area contributed by atoms with E-state index >= 15 is 0 Å². The molecule has 1 N–H and O–H groups in total. The van der Waals surface area contributed by atoms with Crippen LogP contribution in [-0.4, -0.2) is 48.5 Å². The molecule has 3 heteroatoms. The van der Waals surface area contributed by atoms with E-state index < -0.39 is 0 Å². The average Bonchev–Trinajstić information content (AvgIpc) is 2.29. The van der Waals surface area contributed by atoms with E-state index in [4.69, 9.17) is 11.2 Å². The molecule has 3 nitrogen and oxygen atoms in total. The Morgan fingerprint density at radius 3 is 3.13 bits per heavy atom. The molecule has 1 rings (SSSR count). The number of rotatable bonds is 5. The van der Waals surface area contributed by atoms with Crippen molar-refractivity contribution >= 4 is 0 Å². The van der Waals surface area contributed by atoms with Crippen molar-refractivity contribution in [2.75, 3.05) is 26.2 Å². The predicted octanol–water partition coefficient (Wildman–Crippen LogP) is 0.871. The summed E-state index contributed by atoms with van der Waals surface area (Å²) in [6.07, 6.45) is 7.13. The van der Waals surface area contributed by atoms with Gasteiger partial charge in [0, 0.05) is 19.5 Å². The number of unbranched alkanes of at least 4 members (excludes halogenated alkanes) is 1. The molecule has 15 heavy (non-hydrogen) atoms. The predicted molar refractivity (Wildman–Crippen MR) is 60.5 cm³/mol. The molecular formula is C12H21NO2. The highest BCUT2D eigenvalue weighted by Gasteiger charge is 2.25. The first kappa shape index (κ1) is 12.5. The highest BCUT2D eigenvalue weighted by molar-refractivity contribution is 4.84. The zero-order chi connectivity index (χ0) is 11.1. The van der Waals surface area contributed by atoms with E-state index in [2.05, 4.69) is 17.7 Å². The molecule has 2 atom stereocenters. The lowest BCUT2D eigenvalue weighted by atomic mass is 10.1. The van der Waals surface area contributed by atoms with E-state index in [1.807, 2.05) is 0 Å². The third-order valence-corrected chi connectivity index (χ3v) is 2.87. The van der Waals surface area contributed by atoms with Gasteiger partial charge in [0.15, 0.2) is 0 Å². The maximum Gasteiger partial charge on any atom is 0.0960 e. The van der Waals surface area contributed by atoms with Gasteiger partial charge in [-0.05, 0) is 19.4 Å². The molecule has 0 radical (unpaired) electrons. The fraction of sp³-hybridized carbons (Fsp3) is 0.833. The molecular weight excluding hydrogens is 190 g/mol. The third kappa shape index (κ3) is 4.21. The number of likely N-dealkylation sites (N-methyl/N-ethyl adjacent to an activating group) is 1. The fourth-order valence-electron chi connectivity index (χ4n) is 1.85. The van der Waals surface area contributed by atoms with Crippen LogP contribution in [0.2, 0.25) is 0 Å². The van der Waals surface area contributed by atoms with Gasteiger partial charge >= 0.3 is 0 Å². The second-order valence-electron chi connectivity index (χ2n) is 3.97. The van der Waals surface area contributed by atoms with Gasteiger partial charge in [0.2, 0.25) is 0 Å². The Hall–Kier alpha value is -0.560. The smallest absolute Gasteiger partial charge is 0.0960 e. The van der Waals surface area contributed by atoms with Crippen molar-refractivity contribution in [3.8, 4) is 12.3 Å². The van der Waals surface area contributed by atoms with Crippen LogP contribution in [0.1, 0.15) is 26.2 Å². The van der Waals surface area contributed by atoms with Crippen molar-refractivity contribution in [1.82, 2.24) is 4.90 Å². The standard InChI is InChI=1S/C12H21NO2/c1-3-5-6-7-11(14)12-10-13(4-2)8-9-15-12/h1,11-12,14H,4-10H2,2H3. The molecule has 0 spiro atoms. The van der Waals surface area contributed by atoms with E-state index in [1.54, 1.807) is 0 Å². The number of hydrogen-bond donors (Lipinski definition) is 1. The normalized spacial score (nSPS) is 24.7. The summed E-state index contributed by atoms with van der Waals surface area (Å²) in [6.45, 7) is 5.70. The molecule has 1 heterocycles. The molecule has 1 saturated heterocycles. The zero-order valence-corrected chi connectivity index (χ0v) is 9.48. The number of aliphatic hydroxyl groups excluding tert-OH is 1. The van der Waals surface area contributed by atoms with Crippen LogP contribution in [0.3, 0.4) is 0 Å². The number of hydrogen-bond acceptors (Lipinski definition) is 3. The van der Waals surface area contributed by atoms with Crippen molar-refractivity contribution in [2.24, 2.45) is 0 Å². The highest BCUT2D eigenvalue weighted by Crippen LogP contribution is 2.13. The van der Waals surface area contributed by atoms with Crippen LogP contribution in [0.25, 0.3) is 0 Å². The Labute approximate surface area is 92.4 Å². The zero-order valence-electron chi connectivity index (χ0n) is 9.48. The minimum absolute atomic E-state index is 0.0310. The van der Waals surface area contributed by atoms with Crippen LogP contribution in [0.15, 0.2) is 0 Å². The van der Waals surface area contributed by atoms with Gasteiger partial charge in [0.1, 0.15) is 0 Å². The van der Waals surface area contributed by atoms with Crippen LogP contribution in [0.5, 0.6) is 0 Å². The van der Waals surface area contributed by atoms with Crippen LogP contribution in [0.4, 0.5) is 0 Å². The van der Waals surface area contributed by atoms with Crippen LogP contribution in [0, 0.1) is 12.3 Å². The van der Waals surface area contributed by atoms with Gasteiger partial charge in [-0.2, -0.15) is 0 Å². The number of aliphatic hydroxyl groups is 1. The molecule has 0 amide bonds. The molecule has 0 aromatic carbocycles. The lowest BCUT2D eigenvalue weighted by Gasteiger charge is -2.34. The molecule has 86 valence electrons. The summed E-state index contributed by atoms with van der Waals surface area (Å²) >= 11 is 0. The van der Waals surface area contributed by atoms with E-state index in [9.17, 15) is 5.11 Å². The third-order valence-electron chi connectivity index (χ3n) is 2.87. The molecule has 1 aliphatic rings. The topological polar surface area (TPSA) is 32.7 Å². The van der Waals surface area contributed by atoms with Gasteiger partial charge in [0.05, 0.1) is 18.8 Å². The van der Waals surface area contributed by atoms with Crippen molar-refractivity contribution in [2.45, 2.75) is 38.4 Å². The molecule has 0 aliphatic carbocycles. The quantitative estimate of drug-likeness (QED) is 0.541. The minimum Gasteiger partial charge on any atom is -0.390 e. The van der Waals surface area contributed by atoms with Gasteiger partial charge in [-0.15, -0.1) is 12.3 Å². The van der Waals surface area contributed by atoms with Crippen molar-refractivity contribution in [3.05, 3.63) is 0 Å². The summed E-state index contributed by atoms with van der Waals surface area (Å²) in [5, 5.41) is 9.89. The van der Waals surface area contributed by atoms with Crippen molar-refractivity contribution in [3.63, 3.8) is 0 Å². The first-order valence-corrected chi connectivity index (χ1v) is 5.73. The first-order valence-electron chi connectivity index (χ1n) is 5.73. The molecule has 1 aliphatic heterocycles. The first-order chi connectivity index (χ1) is 7.27. The number of morpholine rings is 1. The second-order valence-corrected chi connectivity index (χ2v) is 3.97. The lowest BCUT2D eigenvalue weighted by molar-refractivity contribution is -0.0895. The van der Waals surface area contributed by atoms with Gasteiger partial charge < -0.3 is 9.84 Å². The van der Waals surface area contributed by atoms with Crippen LogP contribution in [-0.2, 0) is 4.74 Å². The van der Waals surface area contributed by atoms with Gasteiger partial charge in [0.25, 0.3) is 0 Å². The molecule has 1 fully saturated rings. The second kappa shape index (κ2) is 6.84. The summed E-state index contributed by atoms with van der Waals surface area (Å²) in [5.41, 5.74) is 0. The van der Waals surface area contributed by atoms with Gasteiger partial charge in [-0.1, -0.05) is 6.92 Å². The summed E-state index contributed by atoms with van der Waals surface area (Å²) in [5.74, 6) is 2.58. The van der Waals surface area contributed by atoms with Crippen molar-refractivity contribution in [1.29, 1.82) is 0 Å². The van der Waals surface area contributed by atoms with Gasteiger partial charge in [-0.3, -0.25) is 4.90 Å². The van der Waals surface area contributed by atoms with E-state index in [1.165, 1.54) is 0 Å². The molecule has 0 aromatic heterocycles. The minimum atomic E-state index is -0.368. The summed E-state index contributed by atoms with van der Waals surface area (Å²) in [6, 6.07) is 0. The summed E-state index contributed by atoms with van der Waals surface area (Å²) in [4.78, 5) is 2.30. The Balaban J connectivity index is 2.26. The van der Waals surface area contributed by atoms with Crippen LogP contribution < -0.4 is 0 Å². The highest BCUT2D eigenvalue weighted by atomic mass is 16.5. The largest absolute Gasteiger partial charge is 0.390 e. The molecule has 0 aromatic rings. The molecule has 2 unspecified atom stereocenters. The van der Waals surface area contributed by atoms with Crippen LogP contribution >= 0.6 is 0 Å². The maximum absolute atomic E-state index is 9.89. The number of terminal acetylenes is 1. The molecule has 0 bridgehead atoms. The van der Waals surface area contributed by atoms with E-state index in [0.717, 1.165) is 45.5 Å². The lowest BCUT2D eigenvalue weighted by Crippen LogP contribution is -2.47. The Morgan fingerprint density at radius 2 is 2.47 bits per heavy atom. The van der Waals surface area contributed by atoms with Crippen molar-refractivity contribution < 1.29 is 9.84 Å². The number of ether oxygens (including phenoxy) is 1. The summed E-state index contributed by atoms with van der Waals surface area (Å²) in [7, 11) is 0. The average molecular weight is 211 g/mol.